The summed E-state index contributed by atoms with van der Waals surface area (Å²) in [6, 6.07) is 9.70. The number of benzene rings is 1. The molecule has 40 heavy (non-hydrogen) atoms. The summed E-state index contributed by atoms with van der Waals surface area (Å²) in [7, 11) is 0. The van der Waals surface area contributed by atoms with E-state index in [9.17, 15) is 14.4 Å². The van der Waals surface area contributed by atoms with Crippen LogP contribution in [0.15, 0.2) is 42.5 Å². The fraction of sp³-hybridized carbons (Fsp3) is 0.621. The summed E-state index contributed by atoms with van der Waals surface area (Å²) in [6.45, 7) is 8.11. The molecule has 0 bridgehead atoms. The maximum Gasteiger partial charge on any atom is 0.303 e. The van der Waals surface area contributed by atoms with Crippen molar-refractivity contribution in [3.63, 3.8) is 0 Å². The van der Waals surface area contributed by atoms with Crippen LogP contribution < -0.4 is 0 Å². The first kappa shape index (κ1) is 30.3. The number of ether oxygens (including phenoxy) is 8. The molecule has 1 aromatic carbocycles. The lowest BCUT2D eigenvalue weighted by Gasteiger charge is -2.46. The standard InChI is InChI=1S/C29H38O11/c1-16-11-13-23(28(34-16)33-15-21-9-7-6-8-10-21)39-29-27(38-20(5)31)26(25(18(3)36-29)37-19(4)30)40-24-14-12-22(32)17(2)35-24/h6-10,12,14,16-18,23-29H,11,13,15H2,1-5H3/t16?,17?,18?,23-,24-,25-,26?,27?,28+,29-/m0/s1. The quantitative estimate of drug-likeness (QED) is 0.413. The lowest BCUT2D eigenvalue weighted by atomic mass is 9.98. The number of ketones is 1. The summed E-state index contributed by atoms with van der Waals surface area (Å²) < 4.78 is 47.8. The minimum atomic E-state index is -1.14. The van der Waals surface area contributed by atoms with Crippen molar-refractivity contribution in [3.8, 4) is 0 Å². The second-order valence-electron chi connectivity index (χ2n) is 10.2. The van der Waals surface area contributed by atoms with E-state index in [1.54, 1.807) is 13.8 Å². The Kier molecular flexibility index (Phi) is 10.4. The lowest BCUT2D eigenvalue weighted by Crippen LogP contribution is -2.62. The van der Waals surface area contributed by atoms with Crippen LogP contribution in [0.5, 0.6) is 0 Å². The van der Waals surface area contributed by atoms with Crippen LogP contribution in [-0.4, -0.2) is 79.3 Å². The molecule has 0 radical (unpaired) electrons. The van der Waals surface area contributed by atoms with E-state index in [2.05, 4.69) is 0 Å². The Labute approximate surface area is 234 Å². The third-order valence-corrected chi connectivity index (χ3v) is 6.87. The molecule has 3 aliphatic heterocycles. The van der Waals surface area contributed by atoms with Gasteiger partial charge in [-0.05, 0) is 51.3 Å². The average Bonchev–Trinajstić information content (AvgIpc) is 2.90. The molecule has 1 aromatic rings. The van der Waals surface area contributed by atoms with Gasteiger partial charge in [-0.15, -0.1) is 0 Å². The molecule has 2 fully saturated rings. The molecular formula is C29H38O11. The molecule has 0 saturated carbocycles. The van der Waals surface area contributed by atoms with Crippen LogP contribution >= 0.6 is 0 Å². The third kappa shape index (κ3) is 7.96. The fourth-order valence-corrected chi connectivity index (χ4v) is 4.89. The largest absolute Gasteiger partial charge is 0.457 e. The summed E-state index contributed by atoms with van der Waals surface area (Å²) >= 11 is 0. The Balaban J connectivity index is 1.56. The van der Waals surface area contributed by atoms with Crippen LogP contribution in [0.3, 0.4) is 0 Å². The molecule has 0 spiro atoms. The predicted molar refractivity (Wildman–Crippen MR) is 138 cm³/mol. The Bertz CT molecular complexity index is 1040. The van der Waals surface area contributed by atoms with Gasteiger partial charge < -0.3 is 37.9 Å². The van der Waals surface area contributed by atoms with Gasteiger partial charge in [-0.25, -0.2) is 0 Å². The van der Waals surface area contributed by atoms with Crippen molar-refractivity contribution < 1.29 is 52.3 Å². The number of hydrogen-bond acceptors (Lipinski definition) is 11. The van der Waals surface area contributed by atoms with Crippen molar-refractivity contribution in [2.75, 3.05) is 0 Å². The summed E-state index contributed by atoms with van der Waals surface area (Å²) in [5, 5.41) is 0. The highest BCUT2D eigenvalue weighted by molar-refractivity contribution is 5.93. The lowest BCUT2D eigenvalue weighted by molar-refractivity contribution is -0.351. The Morgan fingerprint density at radius 3 is 2.23 bits per heavy atom. The maximum absolute atomic E-state index is 12.2. The summed E-state index contributed by atoms with van der Waals surface area (Å²) in [4.78, 5) is 36.1. The molecule has 11 heteroatoms. The van der Waals surface area contributed by atoms with E-state index in [0.717, 1.165) is 12.0 Å². The molecule has 11 nitrogen and oxygen atoms in total. The smallest absolute Gasteiger partial charge is 0.303 e. The van der Waals surface area contributed by atoms with Gasteiger partial charge in [0.25, 0.3) is 0 Å². The van der Waals surface area contributed by atoms with E-state index < -0.39 is 67.4 Å². The van der Waals surface area contributed by atoms with Crippen LogP contribution in [0.25, 0.3) is 0 Å². The first-order valence-electron chi connectivity index (χ1n) is 13.6. The molecule has 0 aromatic heterocycles. The minimum absolute atomic E-state index is 0.0412. The highest BCUT2D eigenvalue weighted by Gasteiger charge is 2.52. The Morgan fingerprint density at radius 1 is 0.850 bits per heavy atom. The third-order valence-electron chi connectivity index (χ3n) is 6.87. The number of carbonyl (C=O) groups excluding carboxylic acids is 3. The molecule has 5 unspecified atom stereocenters. The molecule has 3 aliphatic rings. The number of rotatable bonds is 9. The van der Waals surface area contributed by atoms with Gasteiger partial charge in [0.15, 0.2) is 36.9 Å². The van der Waals surface area contributed by atoms with Gasteiger partial charge >= 0.3 is 11.9 Å². The minimum Gasteiger partial charge on any atom is -0.457 e. The maximum atomic E-state index is 12.2. The molecule has 2 saturated heterocycles. The highest BCUT2D eigenvalue weighted by atomic mass is 16.8. The Hall–Kier alpha value is -2.67. The molecule has 0 N–H and O–H groups in total. The average molecular weight is 563 g/mol. The SMILES string of the molecule is CC(=O)OC1C(O[C@H]2C=CC(=O)C(C)O2)[C@@H](OC(C)=O)C(C)O[C@H]1O[C@H]1CCC(C)O[C@H]1OCc1ccccc1. The first-order valence-corrected chi connectivity index (χ1v) is 13.6. The summed E-state index contributed by atoms with van der Waals surface area (Å²) in [5.41, 5.74) is 0.981. The van der Waals surface area contributed by atoms with Gasteiger partial charge in [0.1, 0.15) is 18.3 Å². The van der Waals surface area contributed by atoms with Crippen molar-refractivity contribution in [2.45, 2.75) is 116 Å². The van der Waals surface area contributed by atoms with Crippen LogP contribution in [-0.2, 0) is 58.9 Å². The zero-order valence-electron chi connectivity index (χ0n) is 23.4. The number of hydrogen-bond donors (Lipinski definition) is 0. The summed E-state index contributed by atoms with van der Waals surface area (Å²) in [5.74, 6) is -1.38. The van der Waals surface area contributed by atoms with Crippen LogP contribution in [0.4, 0.5) is 0 Å². The molecule has 0 aliphatic carbocycles. The molecule has 10 atom stereocenters. The molecule has 4 rings (SSSR count). The van der Waals surface area contributed by atoms with E-state index in [1.165, 1.54) is 26.0 Å². The van der Waals surface area contributed by atoms with Crippen molar-refractivity contribution in [1.29, 1.82) is 0 Å². The first-order chi connectivity index (χ1) is 19.1. The summed E-state index contributed by atoms with van der Waals surface area (Å²) in [6.07, 6.45) is -3.79. The van der Waals surface area contributed by atoms with Crippen LogP contribution in [0, 0.1) is 0 Å². The van der Waals surface area contributed by atoms with Gasteiger partial charge in [0.2, 0.25) is 0 Å². The number of carbonyl (C=O) groups is 3. The van der Waals surface area contributed by atoms with Crippen molar-refractivity contribution in [2.24, 2.45) is 0 Å². The normalized spacial score (nSPS) is 36.2. The fourth-order valence-electron chi connectivity index (χ4n) is 4.89. The second kappa shape index (κ2) is 13.8. The molecule has 220 valence electrons. The van der Waals surface area contributed by atoms with Crippen LogP contribution in [0.2, 0.25) is 0 Å². The zero-order valence-corrected chi connectivity index (χ0v) is 23.4. The van der Waals surface area contributed by atoms with Crippen LogP contribution in [0.1, 0.15) is 53.0 Å². The van der Waals surface area contributed by atoms with Crippen molar-refractivity contribution in [3.05, 3.63) is 48.0 Å². The second-order valence-corrected chi connectivity index (χ2v) is 10.2. The van der Waals surface area contributed by atoms with E-state index in [0.29, 0.717) is 13.0 Å². The molecule has 0 amide bonds. The van der Waals surface area contributed by atoms with Gasteiger partial charge in [-0.1, -0.05) is 30.3 Å². The van der Waals surface area contributed by atoms with Gasteiger partial charge in [0.05, 0.1) is 18.8 Å². The molecular weight excluding hydrogens is 524 g/mol. The molecule has 3 heterocycles. The van der Waals surface area contributed by atoms with E-state index in [1.807, 2.05) is 37.3 Å². The van der Waals surface area contributed by atoms with Crippen molar-refractivity contribution >= 4 is 17.7 Å². The topological polar surface area (TPSA) is 125 Å². The van der Waals surface area contributed by atoms with Gasteiger partial charge in [0, 0.05) is 13.8 Å². The Morgan fingerprint density at radius 2 is 1.55 bits per heavy atom. The van der Waals surface area contributed by atoms with E-state index in [-0.39, 0.29) is 11.9 Å². The predicted octanol–water partition coefficient (Wildman–Crippen LogP) is 2.98. The highest BCUT2D eigenvalue weighted by Crippen LogP contribution is 2.34. The zero-order chi connectivity index (χ0) is 28.8. The van der Waals surface area contributed by atoms with E-state index >= 15 is 0 Å². The monoisotopic (exact) mass is 562 g/mol. The van der Waals surface area contributed by atoms with E-state index in [4.69, 9.17) is 37.9 Å². The van der Waals surface area contributed by atoms with Crippen molar-refractivity contribution in [1.82, 2.24) is 0 Å². The van der Waals surface area contributed by atoms with Gasteiger partial charge in [-0.3, -0.25) is 14.4 Å². The number of esters is 2. The van der Waals surface area contributed by atoms with Gasteiger partial charge in [-0.2, -0.15) is 0 Å².